The SMILES string of the molecule is COCO[C@@]12C=C(Br)CC[C@@H]1OC2. The molecule has 13 heavy (non-hydrogen) atoms. The first kappa shape index (κ1) is 9.65. The molecule has 4 heteroatoms. The lowest BCUT2D eigenvalue weighted by molar-refractivity contribution is -0.264. The van der Waals surface area contributed by atoms with Crippen LogP contribution in [0.4, 0.5) is 0 Å². The topological polar surface area (TPSA) is 27.7 Å². The number of rotatable bonds is 3. The molecular weight excluding hydrogens is 236 g/mol. The molecule has 0 bridgehead atoms. The molecule has 2 aliphatic rings. The van der Waals surface area contributed by atoms with Gasteiger partial charge in [0.25, 0.3) is 0 Å². The van der Waals surface area contributed by atoms with Crippen LogP contribution in [0.15, 0.2) is 10.6 Å². The van der Waals surface area contributed by atoms with Gasteiger partial charge in [-0.15, -0.1) is 0 Å². The summed E-state index contributed by atoms with van der Waals surface area (Å²) in [7, 11) is 1.63. The van der Waals surface area contributed by atoms with E-state index in [0.717, 1.165) is 12.8 Å². The van der Waals surface area contributed by atoms with Gasteiger partial charge in [0.2, 0.25) is 0 Å². The van der Waals surface area contributed by atoms with Crippen LogP contribution in [0, 0.1) is 0 Å². The van der Waals surface area contributed by atoms with Gasteiger partial charge in [0.15, 0.2) is 0 Å². The Hall–Kier alpha value is 0.1000. The summed E-state index contributed by atoms with van der Waals surface area (Å²) in [5, 5.41) is 0. The summed E-state index contributed by atoms with van der Waals surface area (Å²) in [5.41, 5.74) is -0.215. The number of methoxy groups -OCH3 is 1. The fourth-order valence-corrected chi connectivity index (χ4v) is 2.40. The van der Waals surface area contributed by atoms with Gasteiger partial charge in [0.1, 0.15) is 12.4 Å². The van der Waals surface area contributed by atoms with Crippen molar-refractivity contribution in [3.63, 3.8) is 0 Å². The molecule has 3 nitrogen and oxygen atoms in total. The molecule has 0 unspecified atom stereocenters. The second-order valence-electron chi connectivity index (χ2n) is 3.44. The first-order chi connectivity index (χ1) is 6.27. The van der Waals surface area contributed by atoms with Gasteiger partial charge >= 0.3 is 0 Å². The molecule has 0 aromatic carbocycles. The average Bonchev–Trinajstić information content (AvgIpc) is 2.09. The smallest absolute Gasteiger partial charge is 0.147 e. The average molecular weight is 249 g/mol. The van der Waals surface area contributed by atoms with E-state index < -0.39 is 0 Å². The zero-order valence-corrected chi connectivity index (χ0v) is 9.17. The fraction of sp³-hybridized carbons (Fsp3) is 0.778. The highest BCUT2D eigenvalue weighted by Crippen LogP contribution is 2.41. The third-order valence-corrected chi connectivity index (χ3v) is 3.17. The van der Waals surface area contributed by atoms with E-state index in [1.807, 2.05) is 0 Å². The van der Waals surface area contributed by atoms with Crippen molar-refractivity contribution < 1.29 is 14.2 Å². The Labute approximate surface area is 86.2 Å². The van der Waals surface area contributed by atoms with Crippen LogP contribution in [0.25, 0.3) is 0 Å². The molecule has 1 aliphatic carbocycles. The number of fused-ring (bicyclic) bond motifs is 1. The quantitative estimate of drug-likeness (QED) is 0.714. The van der Waals surface area contributed by atoms with Crippen molar-refractivity contribution in [1.82, 2.24) is 0 Å². The van der Waals surface area contributed by atoms with Gasteiger partial charge in [-0.05, 0) is 23.4 Å². The lowest BCUT2D eigenvalue weighted by Crippen LogP contribution is -2.60. The zero-order valence-electron chi connectivity index (χ0n) is 7.59. The molecule has 1 saturated heterocycles. The third-order valence-electron chi connectivity index (χ3n) is 2.55. The molecule has 2 rings (SSSR count). The van der Waals surface area contributed by atoms with E-state index >= 15 is 0 Å². The van der Waals surface area contributed by atoms with Crippen LogP contribution in [0.5, 0.6) is 0 Å². The molecule has 1 aliphatic heterocycles. The van der Waals surface area contributed by atoms with Crippen LogP contribution in [0.3, 0.4) is 0 Å². The van der Waals surface area contributed by atoms with E-state index in [2.05, 4.69) is 22.0 Å². The van der Waals surface area contributed by atoms with Crippen molar-refractivity contribution in [3.8, 4) is 0 Å². The molecule has 74 valence electrons. The minimum Gasteiger partial charge on any atom is -0.371 e. The van der Waals surface area contributed by atoms with Gasteiger partial charge in [0, 0.05) is 7.11 Å². The van der Waals surface area contributed by atoms with Crippen molar-refractivity contribution in [3.05, 3.63) is 10.6 Å². The number of allylic oxidation sites excluding steroid dienone is 1. The Balaban J connectivity index is 2.05. The summed E-state index contributed by atoms with van der Waals surface area (Å²) < 4.78 is 17.2. The maximum Gasteiger partial charge on any atom is 0.147 e. The molecule has 0 aromatic heterocycles. The fourth-order valence-electron chi connectivity index (χ4n) is 1.78. The Morgan fingerprint density at radius 1 is 1.77 bits per heavy atom. The van der Waals surface area contributed by atoms with E-state index in [9.17, 15) is 0 Å². The summed E-state index contributed by atoms with van der Waals surface area (Å²) in [5.74, 6) is 0. The zero-order chi connectivity index (χ0) is 9.31. The highest BCUT2D eigenvalue weighted by molar-refractivity contribution is 9.11. The Morgan fingerprint density at radius 3 is 3.23 bits per heavy atom. The van der Waals surface area contributed by atoms with Crippen LogP contribution in [0.1, 0.15) is 12.8 Å². The molecule has 0 spiro atoms. The number of ether oxygens (including phenoxy) is 3. The van der Waals surface area contributed by atoms with Crippen molar-refractivity contribution >= 4 is 15.9 Å². The molecule has 1 heterocycles. The first-order valence-electron chi connectivity index (χ1n) is 4.38. The summed E-state index contributed by atoms with van der Waals surface area (Å²) in [4.78, 5) is 0. The van der Waals surface area contributed by atoms with E-state index in [1.165, 1.54) is 4.48 Å². The summed E-state index contributed by atoms with van der Waals surface area (Å²) in [6.45, 7) is 0.979. The summed E-state index contributed by atoms with van der Waals surface area (Å²) >= 11 is 3.50. The molecule has 0 radical (unpaired) electrons. The Bertz CT molecular complexity index is 229. The van der Waals surface area contributed by atoms with Gasteiger partial charge in [-0.1, -0.05) is 15.9 Å². The van der Waals surface area contributed by atoms with Gasteiger partial charge in [-0.2, -0.15) is 0 Å². The van der Waals surface area contributed by atoms with Gasteiger partial charge in [-0.25, -0.2) is 0 Å². The van der Waals surface area contributed by atoms with Crippen LogP contribution < -0.4 is 0 Å². The van der Waals surface area contributed by atoms with Crippen LogP contribution in [-0.4, -0.2) is 32.2 Å². The molecule has 0 N–H and O–H groups in total. The number of hydrogen-bond acceptors (Lipinski definition) is 3. The van der Waals surface area contributed by atoms with Crippen LogP contribution >= 0.6 is 15.9 Å². The second-order valence-corrected chi connectivity index (χ2v) is 4.45. The van der Waals surface area contributed by atoms with Gasteiger partial charge in [0.05, 0.1) is 12.7 Å². The summed E-state index contributed by atoms with van der Waals surface area (Å²) in [6.07, 6.45) is 4.41. The highest BCUT2D eigenvalue weighted by atomic mass is 79.9. The van der Waals surface area contributed by atoms with E-state index in [4.69, 9.17) is 14.2 Å². The van der Waals surface area contributed by atoms with E-state index in [0.29, 0.717) is 13.4 Å². The van der Waals surface area contributed by atoms with Crippen LogP contribution in [0.2, 0.25) is 0 Å². The highest BCUT2D eigenvalue weighted by Gasteiger charge is 2.49. The van der Waals surface area contributed by atoms with Crippen molar-refractivity contribution in [2.45, 2.75) is 24.5 Å². The first-order valence-corrected chi connectivity index (χ1v) is 5.18. The minimum absolute atomic E-state index is 0.215. The van der Waals surface area contributed by atoms with Crippen molar-refractivity contribution in [1.29, 1.82) is 0 Å². The van der Waals surface area contributed by atoms with Crippen molar-refractivity contribution in [2.75, 3.05) is 20.5 Å². The lowest BCUT2D eigenvalue weighted by atomic mass is 9.84. The Morgan fingerprint density at radius 2 is 2.62 bits per heavy atom. The lowest BCUT2D eigenvalue weighted by Gasteiger charge is -2.49. The predicted octanol–water partition coefficient (Wildman–Crippen LogP) is 1.82. The standard InChI is InChI=1S/C9H13BrO3/c1-11-6-13-9-4-7(10)2-3-8(9)12-5-9/h4,8H,2-3,5-6H2,1H3/t8-,9+/m0/s1. The van der Waals surface area contributed by atoms with E-state index in [1.54, 1.807) is 7.11 Å². The maximum absolute atomic E-state index is 5.64. The summed E-state index contributed by atoms with van der Waals surface area (Å²) in [6, 6.07) is 0. The Kier molecular flexibility index (Phi) is 2.74. The largest absolute Gasteiger partial charge is 0.371 e. The second kappa shape index (κ2) is 3.69. The molecule has 0 saturated carbocycles. The third kappa shape index (κ3) is 1.68. The van der Waals surface area contributed by atoms with Gasteiger partial charge in [-0.3, -0.25) is 0 Å². The molecular formula is C9H13BrO3. The van der Waals surface area contributed by atoms with Crippen molar-refractivity contribution in [2.24, 2.45) is 0 Å². The molecule has 1 fully saturated rings. The number of hydrogen-bond donors (Lipinski definition) is 0. The normalized spacial score (nSPS) is 37.7. The molecule has 0 amide bonds. The van der Waals surface area contributed by atoms with E-state index in [-0.39, 0.29) is 11.7 Å². The minimum atomic E-state index is -0.215. The monoisotopic (exact) mass is 248 g/mol. The van der Waals surface area contributed by atoms with Gasteiger partial charge < -0.3 is 14.2 Å². The molecule has 0 aromatic rings. The maximum atomic E-state index is 5.64. The predicted molar refractivity (Wildman–Crippen MR) is 51.7 cm³/mol. The van der Waals surface area contributed by atoms with Crippen LogP contribution in [-0.2, 0) is 14.2 Å². The molecule has 2 atom stereocenters. The number of halogens is 1.